The Morgan fingerprint density at radius 3 is 3.07 bits per heavy atom. The van der Waals surface area contributed by atoms with Crippen LogP contribution in [-0.4, -0.2) is 63.0 Å². The molecule has 0 spiro atoms. The maximum absolute atomic E-state index is 12.3. The molecule has 148 valence electrons. The van der Waals surface area contributed by atoms with Crippen LogP contribution in [0.5, 0.6) is 0 Å². The number of hydrogen-bond donors (Lipinski definition) is 1. The summed E-state index contributed by atoms with van der Waals surface area (Å²) in [6.07, 6.45) is 5.50. The zero-order chi connectivity index (χ0) is 19.6. The Bertz CT molecular complexity index is 1170. The van der Waals surface area contributed by atoms with E-state index in [4.69, 9.17) is 4.74 Å². The predicted molar refractivity (Wildman–Crippen MR) is 113 cm³/mol. The molecule has 1 N–H and O–H groups in total. The highest BCUT2D eigenvalue weighted by Gasteiger charge is 2.16. The number of imidazole rings is 1. The Kier molecular flexibility index (Phi) is 5.15. The van der Waals surface area contributed by atoms with E-state index in [0.29, 0.717) is 30.7 Å². The van der Waals surface area contributed by atoms with Gasteiger partial charge in [0.15, 0.2) is 5.13 Å². The average molecular weight is 427 g/mol. The highest BCUT2D eigenvalue weighted by Crippen LogP contribution is 2.33. The van der Waals surface area contributed by atoms with Gasteiger partial charge >= 0.3 is 0 Å². The molecule has 0 aliphatic carbocycles. The Labute approximate surface area is 174 Å². The van der Waals surface area contributed by atoms with Crippen molar-refractivity contribution >= 4 is 50.1 Å². The van der Waals surface area contributed by atoms with Gasteiger partial charge in [-0.2, -0.15) is 0 Å². The molecule has 4 heterocycles. The number of anilines is 1. The summed E-state index contributed by atoms with van der Waals surface area (Å²) in [5.74, 6) is 0.637. The lowest BCUT2D eigenvalue weighted by Crippen LogP contribution is -2.41. The van der Waals surface area contributed by atoms with Gasteiger partial charge in [-0.25, -0.2) is 15.0 Å². The smallest absolute Gasteiger partial charge is 0.240 e. The zero-order valence-electron chi connectivity index (χ0n) is 15.4. The summed E-state index contributed by atoms with van der Waals surface area (Å²) >= 11 is 3.10. The molecule has 0 saturated carbocycles. The van der Waals surface area contributed by atoms with Crippen molar-refractivity contribution in [3.63, 3.8) is 0 Å². The Morgan fingerprint density at radius 1 is 1.28 bits per heavy atom. The van der Waals surface area contributed by atoms with Crippen molar-refractivity contribution in [2.75, 3.05) is 38.2 Å². The monoisotopic (exact) mass is 426 g/mol. The third-order valence-electron chi connectivity index (χ3n) is 4.55. The van der Waals surface area contributed by atoms with E-state index < -0.39 is 0 Å². The van der Waals surface area contributed by atoms with E-state index in [9.17, 15) is 4.79 Å². The molecule has 29 heavy (non-hydrogen) atoms. The van der Waals surface area contributed by atoms with E-state index in [2.05, 4.69) is 31.2 Å². The minimum atomic E-state index is -0.0428. The Balaban J connectivity index is 1.30. The minimum Gasteiger partial charge on any atom is -0.379 e. The molecule has 1 amide bonds. The lowest BCUT2D eigenvalue weighted by molar-refractivity contribution is -0.118. The first kappa shape index (κ1) is 18.5. The number of amides is 1. The number of carbonyl (C=O) groups is 1. The van der Waals surface area contributed by atoms with Crippen molar-refractivity contribution in [2.45, 2.75) is 9.92 Å². The predicted octanol–water partition coefficient (Wildman–Crippen LogP) is 2.76. The Morgan fingerprint density at radius 2 is 2.17 bits per heavy atom. The van der Waals surface area contributed by atoms with Crippen LogP contribution in [0.2, 0.25) is 0 Å². The number of hydrogen-bond acceptors (Lipinski definition) is 8. The molecular formula is C19H18N6O2S2. The number of thiazole rings is 1. The summed E-state index contributed by atoms with van der Waals surface area (Å²) in [5.41, 5.74) is 0.876. The molecule has 0 atom stereocenters. The lowest BCUT2D eigenvalue weighted by Gasteiger charge is -2.25. The summed E-state index contributed by atoms with van der Waals surface area (Å²) in [5, 5.41) is 4.55. The zero-order valence-corrected chi connectivity index (χ0v) is 17.1. The van der Waals surface area contributed by atoms with E-state index in [0.717, 1.165) is 33.2 Å². The molecule has 1 aliphatic heterocycles. The van der Waals surface area contributed by atoms with Crippen molar-refractivity contribution in [3.8, 4) is 0 Å². The number of morpholine rings is 1. The molecule has 1 fully saturated rings. The fourth-order valence-corrected chi connectivity index (χ4v) is 5.04. The van der Waals surface area contributed by atoms with Gasteiger partial charge in [-0.05, 0) is 24.3 Å². The minimum absolute atomic E-state index is 0.0428. The van der Waals surface area contributed by atoms with Gasteiger partial charge in [0, 0.05) is 30.4 Å². The van der Waals surface area contributed by atoms with Crippen molar-refractivity contribution in [3.05, 3.63) is 42.9 Å². The van der Waals surface area contributed by atoms with Gasteiger partial charge in [0.2, 0.25) is 11.7 Å². The molecular weight excluding hydrogens is 408 g/mol. The highest BCUT2D eigenvalue weighted by atomic mass is 32.2. The van der Waals surface area contributed by atoms with Crippen LogP contribution in [0.3, 0.4) is 0 Å². The van der Waals surface area contributed by atoms with Crippen LogP contribution in [0, 0.1) is 0 Å². The summed E-state index contributed by atoms with van der Waals surface area (Å²) in [7, 11) is 0. The second-order valence-corrected chi connectivity index (χ2v) is 8.70. The van der Waals surface area contributed by atoms with Crippen LogP contribution in [0.25, 0.3) is 16.0 Å². The van der Waals surface area contributed by atoms with Crippen LogP contribution in [0.4, 0.5) is 5.13 Å². The summed E-state index contributed by atoms with van der Waals surface area (Å²) in [4.78, 5) is 28.6. The molecule has 0 radical (unpaired) electrons. The maximum atomic E-state index is 12.3. The normalized spacial score (nSPS) is 15.2. The Hall–Kier alpha value is -2.53. The topological polar surface area (TPSA) is 84.6 Å². The van der Waals surface area contributed by atoms with E-state index in [1.54, 1.807) is 18.0 Å². The third kappa shape index (κ3) is 4.10. The van der Waals surface area contributed by atoms with Crippen LogP contribution >= 0.6 is 23.1 Å². The molecule has 0 bridgehead atoms. The van der Waals surface area contributed by atoms with Crippen LogP contribution in [0.1, 0.15) is 0 Å². The SMILES string of the molecule is O=C(CN1CCOCC1)Nc1nc2ccc(Sc3cnc4ncccn34)cc2s1. The van der Waals surface area contributed by atoms with Gasteiger partial charge in [0.25, 0.3) is 0 Å². The highest BCUT2D eigenvalue weighted by molar-refractivity contribution is 7.99. The summed E-state index contributed by atoms with van der Waals surface area (Å²) in [6.45, 7) is 3.29. The lowest BCUT2D eigenvalue weighted by atomic mass is 10.3. The first-order chi connectivity index (χ1) is 14.2. The van der Waals surface area contributed by atoms with Crippen LogP contribution < -0.4 is 5.32 Å². The number of carbonyl (C=O) groups excluding carboxylic acids is 1. The number of nitrogens with one attached hydrogen (secondary N) is 1. The number of fused-ring (bicyclic) bond motifs is 2. The molecule has 1 saturated heterocycles. The number of nitrogens with zero attached hydrogens (tertiary/aromatic N) is 5. The number of rotatable bonds is 5. The molecule has 1 aliphatic rings. The van der Waals surface area contributed by atoms with E-state index in [-0.39, 0.29) is 5.91 Å². The second-order valence-electron chi connectivity index (χ2n) is 6.57. The molecule has 3 aromatic heterocycles. The second kappa shape index (κ2) is 8.07. The maximum Gasteiger partial charge on any atom is 0.240 e. The van der Waals surface area contributed by atoms with Crippen LogP contribution in [-0.2, 0) is 9.53 Å². The van der Waals surface area contributed by atoms with Gasteiger partial charge in [-0.15, -0.1) is 0 Å². The fourth-order valence-electron chi connectivity index (χ4n) is 3.15. The van der Waals surface area contributed by atoms with Crippen molar-refractivity contribution in [1.29, 1.82) is 0 Å². The van der Waals surface area contributed by atoms with Gasteiger partial charge in [-0.3, -0.25) is 14.1 Å². The van der Waals surface area contributed by atoms with Gasteiger partial charge in [-0.1, -0.05) is 23.1 Å². The number of ether oxygens (including phenoxy) is 1. The molecule has 10 heteroatoms. The average Bonchev–Trinajstić information content (AvgIpc) is 3.32. The fraction of sp³-hybridized carbons (Fsp3) is 0.263. The molecule has 5 rings (SSSR count). The third-order valence-corrected chi connectivity index (χ3v) is 6.49. The van der Waals surface area contributed by atoms with E-state index in [1.807, 2.05) is 35.0 Å². The first-order valence-corrected chi connectivity index (χ1v) is 10.8. The van der Waals surface area contributed by atoms with E-state index in [1.165, 1.54) is 11.3 Å². The van der Waals surface area contributed by atoms with Gasteiger partial charge in [0.05, 0.1) is 36.2 Å². The standard InChI is InChI=1S/C19H18N6O2S2/c26-16(12-24-6-8-27-9-7-24)23-19-22-14-3-2-13(10-15(14)29-19)28-17-11-21-18-20-4-1-5-25(17)18/h1-5,10-11H,6-9,12H2,(H,22,23,26). The number of benzene rings is 1. The van der Waals surface area contributed by atoms with Crippen molar-refractivity contribution in [1.82, 2.24) is 24.3 Å². The van der Waals surface area contributed by atoms with Crippen LogP contribution in [0.15, 0.2) is 52.8 Å². The van der Waals surface area contributed by atoms with Gasteiger partial charge in [0.1, 0.15) is 5.03 Å². The summed E-state index contributed by atoms with van der Waals surface area (Å²) in [6, 6.07) is 7.98. The quantitative estimate of drug-likeness (QED) is 0.525. The summed E-state index contributed by atoms with van der Waals surface area (Å²) < 4.78 is 8.31. The molecule has 1 aromatic carbocycles. The van der Waals surface area contributed by atoms with Gasteiger partial charge < -0.3 is 10.1 Å². The molecule has 4 aromatic rings. The van der Waals surface area contributed by atoms with Crippen molar-refractivity contribution < 1.29 is 9.53 Å². The first-order valence-electron chi connectivity index (χ1n) is 9.21. The largest absolute Gasteiger partial charge is 0.379 e. The molecule has 0 unspecified atom stereocenters. The molecule has 8 nitrogen and oxygen atoms in total. The van der Waals surface area contributed by atoms with E-state index >= 15 is 0 Å². The van der Waals surface area contributed by atoms with Crippen molar-refractivity contribution in [2.24, 2.45) is 0 Å². The number of aromatic nitrogens is 4.